The molecule has 0 aromatic carbocycles. The molecule has 0 saturated carbocycles. The van der Waals surface area contributed by atoms with Crippen LogP contribution in [0.2, 0.25) is 0 Å². The number of aromatic carboxylic acids is 1. The van der Waals surface area contributed by atoms with E-state index in [4.69, 9.17) is 5.11 Å². The summed E-state index contributed by atoms with van der Waals surface area (Å²) in [6.45, 7) is 4.06. The second-order valence-corrected chi connectivity index (χ2v) is 3.39. The highest BCUT2D eigenvalue weighted by Crippen LogP contribution is 2.07. The topological polar surface area (TPSA) is 91.5 Å². The first-order valence-electron chi connectivity index (χ1n) is 4.75. The zero-order valence-corrected chi connectivity index (χ0v) is 8.14. The molecule has 7 nitrogen and oxygen atoms in total. The SMILES string of the molecule is O=C(O)c1nonc1CN1CCNCC1. The summed E-state index contributed by atoms with van der Waals surface area (Å²) in [6, 6.07) is 0. The lowest BCUT2D eigenvalue weighted by atomic mass is 10.2. The molecular weight excluding hydrogens is 200 g/mol. The molecule has 0 radical (unpaired) electrons. The Hall–Kier alpha value is -1.47. The van der Waals surface area contributed by atoms with Gasteiger partial charge in [-0.2, -0.15) is 0 Å². The van der Waals surface area contributed by atoms with Crippen LogP contribution in [0.1, 0.15) is 16.2 Å². The van der Waals surface area contributed by atoms with Crippen molar-refractivity contribution in [2.24, 2.45) is 0 Å². The van der Waals surface area contributed by atoms with Gasteiger partial charge in [0.05, 0.1) is 0 Å². The van der Waals surface area contributed by atoms with Gasteiger partial charge in [0, 0.05) is 32.7 Å². The molecule has 0 atom stereocenters. The molecule has 1 aliphatic heterocycles. The van der Waals surface area contributed by atoms with Gasteiger partial charge in [-0.15, -0.1) is 0 Å². The van der Waals surface area contributed by atoms with Crippen molar-refractivity contribution in [3.63, 3.8) is 0 Å². The Bertz CT molecular complexity index is 345. The van der Waals surface area contributed by atoms with Gasteiger partial charge < -0.3 is 10.4 Å². The van der Waals surface area contributed by atoms with Gasteiger partial charge in [0.2, 0.25) is 5.69 Å². The third-order valence-electron chi connectivity index (χ3n) is 2.34. The van der Waals surface area contributed by atoms with Crippen LogP contribution in [-0.4, -0.2) is 52.5 Å². The van der Waals surface area contributed by atoms with Crippen LogP contribution in [-0.2, 0) is 6.54 Å². The summed E-state index contributed by atoms with van der Waals surface area (Å²) in [5.41, 5.74) is 0.304. The summed E-state index contributed by atoms with van der Waals surface area (Å²) in [5, 5.41) is 19.0. The Morgan fingerprint density at radius 2 is 2.20 bits per heavy atom. The number of aromatic nitrogens is 2. The van der Waals surface area contributed by atoms with Crippen LogP contribution in [0.5, 0.6) is 0 Å². The number of piperazine rings is 1. The maximum atomic E-state index is 10.7. The number of carboxylic acid groups (broad SMARTS) is 1. The molecule has 0 amide bonds. The smallest absolute Gasteiger partial charge is 0.360 e. The van der Waals surface area contributed by atoms with E-state index in [0.717, 1.165) is 26.2 Å². The van der Waals surface area contributed by atoms with Gasteiger partial charge >= 0.3 is 5.97 Å². The Labute approximate surface area is 86.0 Å². The maximum absolute atomic E-state index is 10.7. The molecule has 0 spiro atoms. The summed E-state index contributed by atoms with van der Waals surface area (Å²) in [6.07, 6.45) is 0. The van der Waals surface area contributed by atoms with Gasteiger partial charge in [-0.1, -0.05) is 5.16 Å². The van der Waals surface area contributed by atoms with E-state index in [2.05, 4.69) is 25.2 Å². The third kappa shape index (κ3) is 2.31. The fourth-order valence-corrected chi connectivity index (χ4v) is 1.55. The number of carboxylic acids is 1. The summed E-state index contributed by atoms with van der Waals surface area (Å²) in [4.78, 5) is 12.8. The zero-order valence-electron chi connectivity index (χ0n) is 8.14. The van der Waals surface area contributed by atoms with E-state index in [1.54, 1.807) is 0 Å². The second-order valence-electron chi connectivity index (χ2n) is 3.39. The summed E-state index contributed by atoms with van der Waals surface area (Å²) in [7, 11) is 0. The number of hydrogen-bond acceptors (Lipinski definition) is 6. The zero-order chi connectivity index (χ0) is 10.7. The first kappa shape index (κ1) is 10.1. The second kappa shape index (κ2) is 4.37. The molecule has 82 valence electrons. The quantitative estimate of drug-likeness (QED) is 0.675. The highest BCUT2D eigenvalue weighted by atomic mass is 16.6. The van der Waals surface area contributed by atoms with Gasteiger partial charge in [-0.05, 0) is 5.16 Å². The molecule has 2 heterocycles. The van der Waals surface area contributed by atoms with E-state index in [-0.39, 0.29) is 5.69 Å². The monoisotopic (exact) mass is 212 g/mol. The van der Waals surface area contributed by atoms with Crippen molar-refractivity contribution in [2.75, 3.05) is 26.2 Å². The lowest BCUT2D eigenvalue weighted by Gasteiger charge is -2.25. The molecule has 0 aliphatic carbocycles. The molecule has 1 aromatic heterocycles. The van der Waals surface area contributed by atoms with Crippen molar-refractivity contribution in [2.45, 2.75) is 6.54 Å². The Morgan fingerprint density at radius 1 is 1.47 bits per heavy atom. The first-order valence-corrected chi connectivity index (χ1v) is 4.75. The third-order valence-corrected chi connectivity index (χ3v) is 2.34. The van der Waals surface area contributed by atoms with Crippen molar-refractivity contribution in [1.82, 2.24) is 20.5 Å². The molecule has 1 aliphatic rings. The van der Waals surface area contributed by atoms with E-state index in [0.29, 0.717) is 12.2 Å². The number of carbonyl (C=O) groups is 1. The summed E-state index contributed by atoms with van der Waals surface area (Å²) >= 11 is 0. The fraction of sp³-hybridized carbons (Fsp3) is 0.625. The van der Waals surface area contributed by atoms with E-state index < -0.39 is 5.97 Å². The van der Waals surface area contributed by atoms with Gasteiger partial charge in [0.1, 0.15) is 5.69 Å². The number of nitrogens with one attached hydrogen (secondary N) is 1. The van der Waals surface area contributed by atoms with Crippen molar-refractivity contribution in [1.29, 1.82) is 0 Å². The number of rotatable bonds is 3. The van der Waals surface area contributed by atoms with Crippen molar-refractivity contribution >= 4 is 5.97 Å². The first-order chi connectivity index (χ1) is 7.27. The molecule has 1 aromatic rings. The normalized spacial score (nSPS) is 17.9. The lowest BCUT2D eigenvalue weighted by Crippen LogP contribution is -2.43. The van der Waals surface area contributed by atoms with Crippen LogP contribution in [0.25, 0.3) is 0 Å². The predicted octanol–water partition coefficient (Wildman–Crippen LogP) is -0.827. The molecule has 1 fully saturated rings. The molecular formula is C8H12N4O3. The Kier molecular flexibility index (Phi) is 2.93. The van der Waals surface area contributed by atoms with Crippen LogP contribution >= 0.6 is 0 Å². The minimum atomic E-state index is -1.10. The molecule has 0 unspecified atom stereocenters. The largest absolute Gasteiger partial charge is 0.476 e. The highest BCUT2D eigenvalue weighted by Gasteiger charge is 2.20. The average Bonchev–Trinajstić information content (AvgIpc) is 2.67. The van der Waals surface area contributed by atoms with Gasteiger partial charge in [0.25, 0.3) is 0 Å². The standard InChI is InChI=1S/C8H12N4O3/c13-8(14)7-6(10-15-11-7)5-12-3-1-9-2-4-12/h9H,1-5H2,(H,13,14). The fourth-order valence-electron chi connectivity index (χ4n) is 1.55. The number of nitrogens with zero attached hydrogens (tertiary/aromatic N) is 3. The molecule has 2 N–H and O–H groups in total. The average molecular weight is 212 g/mol. The Balaban J connectivity index is 2.03. The van der Waals surface area contributed by atoms with E-state index in [1.807, 2.05) is 0 Å². The maximum Gasteiger partial charge on any atom is 0.360 e. The molecule has 1 saturated heterocycles. The van der Waals surface area contributed by atoms with Crippen molar-refractivity contribution < 1.29 is 14.5 Å². The minimum absolute atomic E-state index is 0.0893. The van der Waals surface area contributed by atoms with Crippen LogP contribution < -0.4 is 5.32 Å². The van der Waals surface area contributed by atoms with Crippen LogP contribution in [0.4, 0.5) is 0 Å². The molecule has 7 heteroatoms. The van der Waals surface area contributed by atoms with E-state index >= 15 is 0 Å². The Morgan fingerprint density at radius 3 is 2.87 bits per heavy atom. The van der Waals surface area contributed by atoms with Crippen LogP contribution in [0.15, 0.2) is 4.63 Å². The molecule has 0 bridgehead atoms. The van der Waals surface area contributed by atoms with Gasteiger partial charge in [-0.25, -0.2) is 9.42 Å². The predicted molar refractivity (Wildman–Crippen MR) is 49.4 cm³/mol. The summed E-state index contributed by atoms with van der Waals surface area (Å²) < 4.78 is 4.43. The van der Waals surface area contributed by atoms with Gasteiger partial charge in [-0.3, -0.25) is 4.90 Å². The van der Waals surface area contributed by atoms with E-state index in [1.165, 1.54) is 0 Å². The van der Waals surface area contributed by atoms with Crippen LogP contribution in [0.3, 0.4) is 0 Å². The molecule has 2 rings (SSSR count). The van der Waals surface area contributed by atoms with Crippen molar-refractivity contribution in [3.05, 3.63) is 11.4 Å². The summed E-state index contributed by atoms with van der Waals surface area (Å²) in [5.74, 6) is -1.10. The van der Waals surface area contributed by atoms with E-state index in [9.17, 15) is 4.79 Å². The highest BCUT2D eigenvalue weighted by molar-refractivity contribution is 5.86. The number of hydrogen-bond donors (Lipinski definition) is 2. The van der Waals surface area contributed by atoms with Gasteiger partial charge in [0.15, 0.2) is 0 Å². The lowest BCUT2D eigenvalue weighted by molar-refractivity contribution is 0.0683. The van der Waals surface area contributed by atoms with Crippen molar-refractivity contribution in [3.8, 4) is 0 Å². The van der Waals surface area contributed by atoms with Crippen LogP contribution in [0, 0.1) is 0 Å². The minimum Gasteiger partial charge on any atom is -0.476 e. The molecule has 15 heavy (non-hydrogen) atoms.